The van der Waals surface area contributed by atoms with Crippen LogP contribution < -0.4 is 0 Å². The van der Waals surface area contributed by atoms with E-state index in [0.717, 1.165) is 10.8 Å². The molecular weight excluding hydrogens is 256 g/mol. The smallest absolute Gasteiger partial charge is 0.307 e. The summed E-state index contributed by atoms with van der Waals surface area (Å²) in [7, 11) is 0. The molecule has 0 spiro atoms. The lowest BCUT2D eigenvalue weighted by Gasteiger charge is -2.15. The van der Waals surface area contributed by atoms with Crippen LogP contribution in [0.15, 0.2) is 36.4 Å². The van der Waals surface area contributed by atoms with E-state index >= 15 is 0 Å². The lowest BCUT2D eigenvalue weighted by Crippen LogP contribution is -2.18. The SMILES string of the molecule is O=C(O)Cc1c2c(cc3ccccc13)C(=O)C(=O)C=C2. The van der Waals surface area contributed by atoms with Gasteiger partial charge in [0.05, 0.1) is 6.42 Å². The minimum absolute atomic E-state index is 0.185. The van der Waals surface area contributed by atoms with Crippen molar-refractivity contribution in [2.45, 2.75) is 6.42 Å². The average molecular weight is 266 g/mol. The molecule has 0 saturated heterocycles. The standard InChI is InChI=1S/C16H10O4/c17-14-6-5-11-12(8-15(18)19)10-4-2-1-3-9(10)7-13(11)16(14)20/h1-7H,8H2,(H,18,19). The van der Waals surface area contributed by atoms with Crippen molar-refractivity contribution < 1.29 is 19.5 Å². The Morgan fingerprint density at radius 3 is 2.60 bits per heavy atom. The number of carboxylic acids is 1. The summed E-state index contributed by atoms with van der Waals surface area (Å²) in [4.78, 5) is 34.5. The first-order chi connectivity index (χ1) is 9.58. The Balaban J connectivity index is 2.39. The van der Waals surface area contributed by atoms with Crippen LogP contribution in [0.1, 0.15) is 21.5 Å². The first kappa shape index (κ1) is 12.3. The molecule has 20 heavy (non-hydrogen) atoms. The second kappa shape index (κ2) is 4.42. The highest BCUT2D eigenvalue weighted by Gasteiger charge is 2.25. The van der Waals surface area contributed by atoms with Crippen LogP contribution in [0.25, 0.3) is 16.8 Å². The Morgan fingerprint density at radius 1 is 1.10 bits per heavy atom. The molecule has 2 aromatic rings. The third kappa shape index (κ3) is 1.82. The molecule has 0 unspecified atom stereocenters. The molecule has 0 saturated carbocycles. The van der Waals surface area contributed by atoms with E-state index in [0.29, 0.717) is 11.1 Å². The van der Waals surface area contributed by atoms with Crippen LogP contribution in [0.2, 0.25) is 0 Å². The fourth-order valence-corrected chi connectivity index (χ4v) is 2.53. The number of allylic oxidation sites excluding steroid dienone is 1. The van der Waals surface area contributed by atoms with Crippen LogP contribution in [-0.2, 0) is 16.0 Å². The molecule has 0 atom stereocenters. The highest BCUT2D eigenvalue weighted by molar-refractivity contribution is 6.50. The quantitative estimate of drug-likeness (QED) is 0.846. The van der Waals surface area contributed by atoms with Gasteiger partial charge in [-0.1, -0.05) is 24.3 Å². The predicted octanol–water partition coefficient (Wildman–Crippen LogP) is 2.25. The molecule has 2 aromatic carbocycles. The Morgan fingerprint density at radius 2 is 1.85 bits per heavy atom. The van der Waals surface area contributed by atoms with Crippen LogP contribution in [-0.4, -0.2) is 22.6 Å². The fourth-order valence-electron chi connectivity index (χ4n) is 2.53. The molecule has 0 amide bonds. The second-order valence-electron chi connectivity index (χ2n) is 4.63. The van der Waals surface area contributed by atoms with E-state index in [9.17, 15) is 14.4 Å². The summed E-state index contributed by atoms with van der Waals surface area (Å²) in [6.45, 7) is 0. The van der Waals surface area contributed by atoms with Gasteiger partial charge in [-0.2, -0.15) is 0 Å². The number of rotatable bonds is 2. The molecule has 0 heterocycles. The summed E-state index contributed by atoms with van der Waals surface area (Å²) in [5, 5.41) is 10.6. The molecule has 1 aliphatic carbocycles. The van der Waals surface area contributed by atoms with Gasteiger partial charge in [0.2, 0.25) is 11.6 Å². The summed E-state index contributed by atoms with van der Waals surface area (Å²) < 4.78 is 0. The summed E-state index contributed by atoms with van der Waals surface area (Å²) in [6.07, 6.45) is 2.55. The number of Topliss-reactive ketones (excluding diaryl/α,β-unsaturated/α-hetero) is 1. The van der Waals surface area contributed by atoms with Gasteiger partial charge in [-0.15, -0.1) is 0 Å². The number of aliphatic carboxylic acids is 1. The van der Waals surface area contributed by atoms with E-state index < -0.39 is 17.5 Å². The zero-order valence-electron chi connectivity index (χ0n) is 10.4. The number of fused-ring (bicyclic) bond motifs is 2. The third-order valence-electron chi connectivity index (χ3n) is 3.40. The lowest BCUT2D eigenvalue weighted by atomic mass is 9.86. The Labute approximate surface area is 114 Å². The maximum Gasteiger partial charge on any atom is 0.307 e. The number of carboxylic acid groups (broad SMARTS) is 1. The van der Waals surface area contributed by atoms with E-state index in [1.807, 2.05) is 18.2 Å². The predicted molar refractivity (Wildman–Crippen MR) is 73.7 cm³/mol. The molecule has 0 aliphatic heterocycles. The van der Waals surface area contributed by atoms with Crippen LogP contribution in [0, 0.1) is 0 Å². The topological polar surface area (TPSA) is 71.4 Å². The summed E-state index contributed by atoms with van der Waals surface area (Å²) in [5.41, 5.74) is 1.39. The maximum absolute atomic E-state index is 12.0. The molecular formula is C16H10O4. The molecule has 4 nitrogen and oxygen atoms in total. The van der Waals surface area contributed by atoms with E-state index in [4.69, 9.17) is 5.11 Å². The second-order valence-corrected chi connectivity index (χ2v) is 4.63. The van der Waals surface area contributed by atoms with Crippen molar-refractivity contribution >= 4 is 34.4 Å². The number of hydrogen-bond donors (Lipinski definition) is 1. The van der Waals surface area contributed by atoms with Crippen LogP contribution >= 0.6 is 0 Å². The Kier molecular flexibility index (Phi) is 2.71. The normalized spacial score (nSPS) is 13.6. The van der Waals surface area contributed by atoms with E-state index in [1.54, 1.807) is 12.1 Å². The van der Waals surface area contributed by atoms with E-state index in [-0.39, 0.29) is 12.0 Å². The van der Waals surface area contributed by atoms with Gasteiger partial charge in [-0.3, -0.25) is 14.4 Å². The summed E-state index contributed by atoms with van der Waals surface area (Å²) >= 11 is 0. The number of ketones is 2. The molecule has 98 valence electrons. The van der Waals surface area contributed by atoms with Crippen LogP contribution in [0.5, 0.6) is 0 Å². The molecule has 0 fully saturated rings. The molecule has 0 bridgehead atoms. The monoisotopic (exact) mass is 266 g/mol. The van der Waals surface area contributed by atoms with E-state index in [2.05, 4.69) is 0 Å². The van der Waals surface area contributed by atoms with Gasteiger partial charge >= 0.3 is 5.97 Å². The van der Waals surface area contributed by atoms with Crippen LogP contribution in [0.3, 0.4) is 0 Å². The van der Waals surface area contributed by atoms with E-state index in [1.165, 1.54) is 12.2 Å². The average Bonchev–Trinajstić information content (AvgIpc) is 2.43. The number of carbonyl (C=O) groups excluding carboxylic acids is 2. The summed E-state index contributed by atoms with van der Waals surface area (Å²) in [5.74, 6) is -2.13. The maximum atomic E-state index is 12.0. The largest absolute Gasteiger partial charge is 0.481 e. The highest BCUT2D eigenvalue weighted by Crippen LogP contribution is 2.30. The fraction of sp³-hybridized carbons (Fsp3) is 0.0625. The van der Waals surface area contributed by atoms with Crippen molar-refractivity contribution in [1.82, 2.24) is 0 Å². The first-order valence-corrected chi connectivity index (χ1v) is 6.11. The van der Waals surface area contributed by atoms with Gasteiger partial charge in [0.25, 0.3) is 0 Å². The van der Waals surface area contributed by atoms with Crippen molar-refractivity contribution in [3.8, 4) is 0 Å². The number of hydrogen-bond acceptors (Lipinski definition) is 3. The van der Waals surface area contributed by atoms with Gasteiger partial charge < -0.3 is 5.11 Å². The molecule has 3 rings (SSSR count). The highest BCUT2D eigenvalue weighted by atomic mass is 16.4. The van der Waals surface area contributed by atoms with Gasteiger partial charge in [0, 0.05) is 5.56 Å². The molecule has 0 radical (unpaired) electrons. The number of benzene rings is 2. The van der Waals surface area contributed by atoms with Crippen molar-refractivity contribution in [2.75, 3.05) is 0 Å². The molecule has 1 N–H and O–H groups in total. The molecule has 0 aromatic heterocycles. The zero-order valence-corrected chi connectivity index (χ0v) is 10.4. The number of carbonyl (C=O) groups is 3. The Bertz CT molecular complexity index is 799. The van der Waals surface area contributed by atoms with Gasteiger partial charge in [0.15, 0.2) is 0 Å². The van der Waals surface area contributed by atoms with Gasteiger partial charge in [0.1, 0.15) is 0 Å². The summed E-state index contributed by atoms with van der Waals surface area (Å²) in [6, 6.07) is 8.91. The van der Waals surface area contributed by atoms with Crippen LogP contribution in [0.4, 0.5) is 0 Å². The first-order valence-electron chi connectivity index (χ1n) is 6.11. The van der Waals surface area contributed by atoms with Gasteiger partial charge in [-0.25, -0.2) is 0 Å². The molecule has 4 heteroatoms. The van der Waals surface area contributed by atoms with Crippen molar-refractivity contribution in [2.24, 2.45) is 0 Å². The van der Waals surface area contributed by atoms with Gasteiger partial charge in [-0.05, 0) is 40.1 Å². The van der Waals surface area contributed by atoms with Crippen molar-refractivity contribution in [1.29, 1.82) is 0 Å². The molecule has 1 aliphatic rings. The minimum Gasteiger partial charge on any atom is -0.481 e. The zero-order chi connectivity index (χ0) is 14.3. The minimum atomic E-state index is -0.971. The van der Waals surface area contributed by atoms with Crippen molar-refractivity contribution in [3.05, 3.63) is 53.1 Å². The Hall–Kier alpha value is -2.75. The third-order valence-corrected chi connectivity index (χ3v) is 3.40. The lowest BCUT2D eigenvalue weighted by molar-refractivity contribution is -0.136. The van der Waals surface area contributed by atoms with Crippen molar-refractivity contribution in [3.63, 3.8) is 0 Å².